The van der Waals surface area contributed by atoms with Crippen LogP contribution in [0.3, 0.4) is 0 Å². The lowest BCUT2D eigenvalue weighted by Crippen LogP contribution is -2.16. The molecular formula is C11H23N. The molecule has 1 atom stereocenters. The third-order valence-electron chi connectivity index (χ3n) is 3.26. The van der Waals surface area contributed by atoms with Crippen LogP contribution in [0.1, 0.15) is 51.9 Å². The van der Waals surface area contributed by atoms with Crippen LogP contribution in [-0.2, 0) is 0 Å². The fourth-order valence-electron chi connectivity index (χ4n) is 2.63. The van der Waals surface area contributed by atoms with Gasteiger partial charge in [-0.25, -0.2) is 0 Å². The molecule has 0 saturated heterocycles. The van der Waals surface area contributed by atoms with Crippen LogP contribution < -0.4 is 5.73 Å². The van der Waals surface area contributed by atoms with Crippen molar-refractivity contribution in [3.05, 3.63) is 0 Å². The molecule has 1 saturated carbocycles. The quantitative estimate of drug-likeness (QED) is 0.673. The Morgan fingerprint density at radius 3 is 2.42 bits per heavy atom. The van der Waals surface area contributed by atoms with Crippen LogP contribution >= 0.6 is 0 Å². The second-order valence-corrected chi connectivity index (χ2v) is 4.17. The van der Waals surface area contributed by atoms with Gasteiger partial charge in [-0.2, -0.15) is 0 Å². The van der Waals surface area contributed by atoms with Crippen molar-refractivity contribution < 1.29 is 0 Å². The second kappa shape index (κ2) is 5.58. The molecule has 0 aromatic heterocycles. The summed E-state index contributed by atoms with van der Waals surface area (Å²) in [5, 5.41) is 0. The van der Waals surface area contributed by atoms with Crippen molar-refractivity contribution in [3.63, 3.8) is 0 Å². The normalized spacial score (nSPS) is 21.5. The van der Waals surface area contributed by atoms with Crippen LogP contribution in [0.4, 0.5) is 0 Å². The van der Waals surface area contributed by atoms with Crippen molar-refractivity contribution in [3.8, 4) is 0 Å². The third kappa shape index (κ3) is 2.78. The van der Waals surface area contributed by atoms with E-state index in [0.29, 0.717) is 0 Å². The minimum Gasteiger partial charge on any atom is -0.330 e. The Bertz CT molecular complexity index is 99.6. The van der Waals surface area contributed by atoms with Gasteiger partial charge in [0.15, 0.2) is 0 Å². The van der Waals surface area contributed by atoms with E-state index in [-0.39, 0.29) is 0 Å². The van der Waals surface area contributed by atoms with E-state index in [1.807, 2.05) is 0 Å². The number of nitrogens with two attached hydrogens (primary N) is 1. The Balaban J connectivity index is 2.29. The number of hydrogen-bond acceptors (Lipinski definition) is 1. The lowest BCUT2D eigenvalue weighted by atomic mass is 9.85. The van der Waals surface area contributed by atoms with E-state index in [0.717, 1.165) is 18.4 Å². The minimum absolute atomic E-state index is 0.890. The van der Waals surface area contributed by atoms with Gasteiger partial charge in [0, 0.05) is 0 Å². The molecule has 72 valence electrons. The van der Waals surface area contributed by atoms with Crippen LogP contribution in [0, 0.1) is 11.8 Å². The zero-order chi connectivity index (χ0) is 8.81. The maximum absolute atomic E-state index is 5.63. The highest BCUT2D eigenvalue weighted by Crippen LogP contribution is 2.35. The molecular weight excluding hydrogens is 146 g/mol. The van der Waals surface area contributed by atoms with Crippen LogP contribution in [0.5, 0.6) is 0 Å². The summed E-state index contributed by atoms with van der Waals surface area (Å²) in [5.41, 5.74) is 5.63. The lowest BCUT2D eigenvalue weighted by Gasteiger charge is -2.21. The third-order valence-corrected chi connectivity index (χ3v) is 3.26. The van der Waals surface area contributed by atoms with Gasteiger partial charge in [0.2, 0.25) is 0 Å². The molecule has 0 spiro atoms. The average Bonchev–Trinajstić information content (AvgIpc) is 2.56. The zero-order valence-corrected chi connectivity index (χ0v) is 8.39. The standard InChI is InChI=1S/C11H23N/c1-2-5-10(8-9-12)11-6-3-4-7-11/h10-11H,2-9,12H2,1H3. The summed E-state index contributed by atoms with van der Waals surface area (Å²) in [7, 11) is 0. The van der Waals surface area contributed by atoms with Crippen LogP contribution in [0.25, 0.3) is 0 Å². The first-order valence-electron chi connectivity index (χ1n) is 5.58. The molecule has 0 radical (unpaired) electrons. The minimum atomic E-state index is 0.890. The molecule has 0 bridgehead atoms. The Kier molecular flexibility index (Phi) is 4.67. The van der Waals surface area contributed by atoms with Gasteiger partial charge in [0.25, 0.3) is 0 Å². The lowest BCUT2D eigenvalue weighted by molar-refractivity contribution is 0.300. The average molecular weight is 169 g/mol. The highest BCUT2D eigenvalue weighted by atomic mass is 14.5. The van der Waals surface area contributed by atoms with Gasteiger partial charge in [-0.3, -0.25) is 0 Å². The molecule has 1 heteroatoms. The van der Waals surface area contributed by atoms with E-state index >= 15 is 0 Å². The van der Waals surface area contributed by atoms with Crippen molar-refractivity contribution in [1.29, 1.82) is 0 Å². The Labute approximate surface area is 76.7 Å². The van der Waals surface area contributed by atoms with Crippen molar-refractivity contribution in [2.45, 2.75) is 51.9 Å². The molecule has 0 heterocycles. The SMILES string of the molecule is CCCC(CCN)C1CCCC1. The molecule has 1 fully saturated rings. The fraction of sp³-hybridized carbons (Fsp3) is 1.00. The maximum atomic E-state index is 5.63. The second-order valence-electron chi connectivity index (χ2n) is 4.17. The van der Waals surface area contributed by atoms with Gasteiger partial charge in [0.1, 0.15) is 0 Å². The molecule has 1 aliphatic rings. The summed E-state index contributed by atoms with van der Waals surface area (Å²) in [6.07, 6.45) is 9.89. The first kappa shape index (κ1) is 10.0. The highest BCUT2D eigenvalue weighted by Gasteiger charge is 2.23. The van der Waals surface area contributed by atoms with E-state index in [4.69, 9.17) is 5.73 Å². The highest BCUT2D eigenvalue weighted by molar-refractivity contribution is 4.75. The van der Waals surface area contributed by atoms with Gasteiger partial charge in [-0.05, 0) is 24.8 Å². The van der Waals surface area contributed by atoms with Crippen molar-refractivity contribution >= 4 is 0 Å². The van der Waals surface area contributed by atoms with E-state index in [2.05, 4.69) is 6.92 Å². The van der Waals surface area contributed by atoms with Gasteiger partial charge < -0.3 is 5.73 Å². The summed E-state index contributed by atoms with van der Waals surface area (Å²) in [5.74, 6) is 1.97. The molecule has 1 nitrogen and oxygen atoms in total. The molecule has 0 aromatic carbocycles. The van der Waals surface area contributed by atoms with E-state index in [1.54, 1.807) is 0 Å². The Morgan fingerprint density at radius 1 is 1.25 bits per heavy atom. The van der Waals surface area contributed by atoms with Crippen molar-refractivity contribution in [2.24, 2.45) is 17.6 Å². The molecule has 1 unspecified atom stereocenters. The molecule has 0 amide bonds. The number of rotatable bonds is 5. The topological polar surface area (TPSA) is 26.0 Å². The smallest absolute Gasteiger partial charge is 0.00745 e. The van der Waals surface area contributed by atoms with E-state index in [9.17, 15) is 0 Å². The Hall–Kier alpha value is -0.0400. The Morgan fingerprint density at radius 2 is 1.92 bits per heavy atom. The van der Waals surface area contributed by atoms with Gasteiger partial charge in [-0.1, -0.05) is 45.4 Å². The van der Waals surface area contributed by atoms with Gasteiger partial charge >= 0.3 is 0 Å². The molecule has 12 heavy (non-hydrogen) atoms. The molecule has 2 N–H and O–H groups in total. The molecule has 1 rings (SSSR count). The molecule has 0 aromatic rings. The van der Waals surface area contributed by atoms with Crippen molar-refractivity contribution in [2.75, 3.05) is 6.54 Å². The van der Waals surface area contributed by atoms with Crippen molar-refractivity contribution in [1.82, 2.24) is 0 Å². The summed E-state index contributed by atoms with van der Waals surface area (Å²) in [4.78, 5) is 0. The summed E-state index contributed by atoms with van der Waals surface area (Å²) in [6.45, 7) is 3.18. The maximum Gasteiger partial charge on any atom is -0.00745 e. The van der Waals surface area contributed by atoms with Crippen LogP contribution in [0.15, 0.2) is 0 Å². The van der Waals surface area contributed by atoms with Gasteiger partial charge in [-0.15, -0.1) is 0 Å². The predicted molar refractivity (Wildman–Crippen MR) is 54.0 cm³/mol. The van der Waals surface area contributed by atoms with Crippen LogP contribution in [-0.4, -0.2) is 6.54 Å². The number of hydrogen-bond donors (Lipinski definition) is 1. The first-order valence-corrected chi connectivity index (χ1v) is 5.58. The predicted octanol–water partition coefficient (Wildman–Crippen LogP) is 2.94. The fourth-order valence-corrected chi connectivity index (χ4v) is 2.63. The first-order chi connectivity index (χ1) is 5.88. The molecule has 0 aliphatic heterocycles. The van der Waals surface area contributed by atoms with Crippen LogP contribution in [0.2, 0.25) is 0 Å². The summed E-state index contributed by atoms with van der Waals surface area (Å²) < 4.78 is 0. The van der Waals surface area contributed by atoms with E-state index < -0.39 is 0 Å². The summed E-state index contributed by atoms with van der Waals surface area (Å²) >= 11 is 0. The van der Waals surface area contributed by atoms with Gasteiger partial charge in [0.05, 0.1) is 0 Å². The monoisotopic (exact) mass is 169 g/mol. The summed E-state index contributed by atoms with van der Waals surface area (Å²) in [6, 6.07) is 0. The zero-order valence-electron chi connectivity index (χ0n) is 8.39. The largest absolute Gasteiger partial charge is 0.330 e. The van der Waals surface area contributed by atoms with E-state index in [1.165, 1.54) is 44.9 Å². The molecule has 1 aliphatic carbocycles.